The molecule has 1 aromatic rings. The summed E-state index contributed by atoms with van der Waals surface area (Å²) in [4.78, 5) is 4.14. The average Bonchev–Trinajstić information content (AvgIpc) is 2.72. The van der Waals surface area contributed by atoms with Gasteiger partial charge in [-0.25, -0.2) is 4.98 Å². The van der Waals surface area contributed by atoms with Crippen molar-refractivity contribution in [3.8, 4) is 0 Å². The molecule has 1 aromatic heterocycles. The third-order valence-corrected chi connectivity index (χ3v) is 3.83. The van der Waals surface area contributed by atoms with Crippen molar-refractivity contribution in [2.24, 2.45) is 5.92 Å². The Morgan fingerprint density at radius 1 is 1.33 bits per heavy atom. The van der Waals surface area contributed by atoms with Crippen LogP contribution in [-0.4, -0.2) is 18.1 Å². The number of thiazole rings is 1. The standard InChI is InChI=1S/C12H19F3N2S/c1-8(2)6-16-5-4-9(3)10-7-17-11(18-10)12(13,14)15/h7-9,16H,4-6H2,1-3H3. The molecule has 0 aliphatic rings. The van der Waals surface area contributed by atoms with Gasteiger partial charge in [0.1, 0.15) is 0 Å². The second kappa shape index (κ2) is 6.52. The Hall–Kier alpha value is -0.620. The molecule has 1 heterocycles. The van der Waals surface area contributed by atoms with E-state index < -0.39 is 11.2 Å². The summed E-state index contributed by atoms with van der Waals surface area (Å²) in [5, 5.41) is 2.53. The van der Waals surface area contributed by atoms with Gasteiger partial charge < -0.3 is 5.32 Å². The number of rotatable bonds is 6. The molecule has 1 atom stereocenters. The maximum absolute atomic E-state index is 12.4. The SMILES string of the molecule is CC(C)CNCCC(C)c1cnc(C(F)(F)F)s1. The molecule has 104 valence electrons. The predicted molar refractivity (Wildman–Crippen MR) is 67.9 cm³/mol. The fourth-order valence-electron chi connectivity index (χ4n) is 1.50. The number of halogens is 3. The lowest BCUT2D eigenvalue weighted by Crippen LogP contribution is -2.21. The number of alkyl halides is 3. The third-order valence-electron chi connectivity index (χ3n) is 2.56. The minimum absolute atomic E-state index is 0.110. The molecule has 0 amide bonds. The lowest BCUT2D eigenvalue weighted by atomic mass is 10.1. The number of nitrogens with zero attached hydrogens (tertiary/aromatic N) is 1. The highest BCUT2D eigenvalue weighted by molar-refractivity contribution is 7.11. The van der Waals surface area contributed by atoms with Gasteiger partial charge in [-0.3, -0.25) is 0 Å². The summed E-state index contributed by atoms with van der Waals surface area (Å²) in [6, 6.07) is 0. The Balaban J connectivity index is 2.42. The summed E-state index contributed by atoms with van der Waals surface area (Å²) < 4.78 is 37.2. The molecule has 1 unspecified atom stereocenters. The predicted octanol–water partition coefficient (Wildman–Crippen LogP) is 3.90. The van der Waals surface area contributed by atoms with Crippen LogP contribution >= 0.6 is 11.3 Å². The van der Waals surface area contributed by atoms with E-state index in [-0.39, 0.29) is 5.92 Å². The molecule has 1 rings (SSSR count). The van der Waals surface area contributed by atoms with Crippen molar-refractivity contribution in [1.29, 1.82) is 0 Å². The van der Waals surface area contributed by atoms with Gasteiger partial charge in [0.2, 0.25) is 0 Å². The molecule has 0 saturated carbocycles. The molecule has 0 aromatic carbocycles. The van der Waals surface area contributed by atoms with Crippen molar-refractivity contribution in [1.82, 2.24) is 10.3 Å². The summed E-state index contributed by atoms with van der Waals surface area (Å²) in [6.45, 7) is 7.93. The first kappa shape index (κ1) is 15.4. The number of hydrogen-bond acceptors (Lipinski definition) is 3. The van der Waals surface area contributed by atoms with Crippen LogP contribution in [0.25, 0.3) is 0 Å². The zero-order chi connectivity index (χ0) is 13.8. The lowest BCUT2D eigenvalue weighted by Gasteiger charge is -2.11. The fourth-order valence-corrected chi connectivity index (χ4v) is 2.37. The van der Waals surface area contributed by atoms with Gasteiger partial charge in [0.25, 0.3) is 0 Å². The summed E-state index contributed by atoms with van der Waals surface area (Å²) in [5.41, 5.74) is 0. The summed E-state index contributed by atoms with van der Waals surface area (Å²) in [6.07, 6.45) is -2.15. The van der Waals surface area contributed by atoms with E-state index in [1.165, 1.54) is 6.20 Å². The molecule has 18 heavy (non-hydrogen) atoms. The van der Waals surface area contributed by atoms with Crippen LogP contribution in [0.5, 0.6) is 0 Å². The van der Waals surface area contributed by atoms with Crippen molar-refractivity contribution in [3.63, 3.8) is 0 Å². The molecule has 0 bridgehead atoms. The molecule has 0 radical (unpaired) electrons. The van der Waals surface area contributed by atoms with Gasteiger partial charge >= 0.3 is 6.18 Å². The van der Waals surface area contributed by atoms with E-state index in [4.69, 9.17) is 0 Å². The van der Waals surface area contributed by atoms with Crippen molar-refractivity contribution < 1.29 is 13.2 Å². The van der Waals surface area contributed by atoms with Crippen LogP contribution < -0.4 is 5.32 Å². The van der Waals surface area contributed by atoms with E-state index in [1.807, 2.05) is 6.92 Å². The summed E-state index contributed by atoms with van der Waals surface area (Å²) in [5.74, 6) is 0.693. The van der Waals surface area contributed by atoms with Gasteiger partial charge in [-0.2, -0.15) is 13.2 Å². The average molecular weight is 280 g/mol. The van der Waals surface area contributed by atoms with Gasteiger partial charge in [0.15, 0.2) is 5.01 Å². The number of aromatic nitrogens is 1. The fraction of sp³-hybridized carbons (Fsp3) is 0.750. The first-order valence-electron chi connectivity index (χ1n) is 6.04. The van der Waals surface area contributed by atoms with Crippen molar-refractivity contribution in [2.45, 2.75) is 39.3 Å². The molecule has 6 heteroatoms. The van der Waals surface area contributed by atoms with Crippen LogP contribution in [0.15, 0.2) is 6.20 Å². The van der Waals surface area contributed by atoms with E-state index in [0.717, 1.165) is 30.8 Å². The highest BCUT2D eigenvalue weighted by Gasteiger charge is 2.34. The Bertz CT molecular complexity index is 360. The second-order valence-electron chi connectivity index (χ2n) is 4.85. The molecule has 2 nitrogen and oxygen atoms in total. The Morgan fingerprint density at radius 2 is 2.00 bits per heavy atom. The van der Waals surface area contributed by atoms with E-state index in [2.05, 4.69) is 24.1 Å². The zero-order valence-electron chi connectivity index (χ0n) is 10.8. The second-order valence-corrected chi connectivity index (χ2v) is 5.92. The molecule has 0 aliphatic carbocycles. The first-order valence-corrected chi connectivity index (χ1v) is 6.86. The molecule has 0 spiro atoms. The maximum Gasteiger partial charge on any atom is 0.443 e. The zero-order valence-corrected chi connectivity index (χ0v) is 11.7. The largest absolute Gasteiger partial charge is 0.443 e. The minimum atomic E-state index is -4.32. The monoisotopic (exact) mass is 280 g/mol. The van der Waals surface area contributed by atoms with E-state index >= 15 is 0 Å². The number of nitrogens with one attached hydrogen (secondary N) is 1. The summed E-state index contributed by atoms with van der Waals surface area (Å²) in [7, 11) is 0. The molecule has 0 saturated heterocycles. The van der Waals surface area contributed by atoms with Crippen molar-refractivity contribution >= 4 is 11.3 Å². The normalized spacial score (nSPS) is 14.2. The van der Waals surface area contributed by atoms with Gasteiger partial charge in [-0.1, -0.05) is 20.8 Å². The molecule has 1 N–H and O–H groups in total. The quantitative estimate of drug-likeness (QED) is 0.799. The van der Waals surface area contributed by atoms with Crippen LogP contribution in [0.4, 0.5) is 13.2 Å². The highest BCUT2D eigenvalue weighted by atomic mass is 32.1. The molecular weight excluding hydrogens is 261 g/mol. The molecule has 0 fully saturated rings. The van der Waals surface area contributed by atoms with Crippen LogP contribution in [-0.2, 0) is 6.18 Å². The van der Waals surface area contributed by atoms with Crippen LogP contribution in [0.3, 0.4) is 0 Å². The Morgan fingerprint density at radius 3 is 2.50 bits per heavy atom. The maximum atomic E-state index is 12.4. The van der Waals surface area contributed by atoms with Crippen LogP contribution in [0, 0.1) is 5.92 Å². The van der Waals surface area contributed by atoms with E-state index in [1.54, 1.807) is 0 Å². The number of hydrogen-bond donors (Lipinski definition) is 1. The molecular formula is C12H19F3N2S. The van der Waals surface area contributed by atoms with Gasteiger partial charge in [-0.05, 0) is 31.3 Å². The third kappa shape index (κ3) is 4.94. The molecule has 0 aliphatic heterocycles. The summed E-state index contributed by atoms with van der Waals surface area (Å²) >= 11 is 0.748. The van der Waals surface area contributed by atoms with Crippen LogP contribution in [0.1, 0.15) is 43.0 Å². The Kier molecular flexibility index (Phi) is 5.59. The Labute approximate surface area is 110 Å². The highest BCUT2D eigenvalue weighted by Crippen LogP contribution is 2.35. The van der Waals surface area contributed by atoms with Gasteiger partial charge in [0.05, 0.1) is 0 Å². The van der Waals surface area contributed by atoms with Gasteiger partial charge in [-0.15, -0.1) is 11.3 Å². The van der Waals surface area contributed by atoms with Gasteiger partial charge in [0, 0.05) is 11.1 Å². The topological polar surface area (TPSA) is 24.9 Å². The van der Waals surface area contributed by atoms with E-state index in [0.29, 0.717) is 10.8 Å². The lowest BCUT2D eigenvalue weighted by molar-refractivity contribution is -0.137. The first-order chi connectivity index (χ1) is 8.30. The van der Waals surface area contributed by atoms with Crippen molar-refractivity contribution in [3.05, 3.63) is 16.1 Å². The van der Waals surface area contributed by atoms with E-state index in [9.17, 15) is 13.2 Å². The van der Waals surface area contributed by atoms with Crippen molar-refractivity contribution in [2.75, 3.05) is 13.1 Å². The minimum Gasteiger partial charge on any atom is -0.316 e. The smallest absolute Gasteiger partial charge is 0.316 e. The van der Waals surface area contributed by atoms with Crippen LogP contribution in [0.2, 0.25) is 0 Å².